The van der Waals surface area contributed by atoms with Gasteiger partial charge >= 0.3 is 0 Å². The first-order valence-electron chi connectivity index (χ1n) is 5.42. The first-order chi connectivity index (χ1) is 8.28. The summed E-state index contributed by atoms with van der Waals surface area (Å²) in [6, 6.07) is 8.55. The number of alkyl halides is 1. The summed E-state index contributed by atoms with van der Waals surface area (Å²) >= 11 is 7.48. The van der Waals surface area contributed by atoms with E-state index < -0.39 is 0 Å². The van der Waals surface area contributed by atoms with E-state index in [9.17, 15) is 0 Å². The van der Waals surface area contributed by atoms with Crippen LogP contribution in [-0.2, 0) is 12.4 Å². The minimum absolute atomic E-state index is 0.422. The fraction of sp³-hybridized carbons (Fsp3) is 0.333. The van der Waals surface area contributed by atoms with Gasteiger partial charge in [0.1, 0.15) is 0 Å². The van der Waals surface area contributed by atoms with Crippen molar-refractivity contribution >= 4 is 23.4 Å². The summed E-state index contributed by atoms with van der Waals surface area (Å²) in [5, 5.41) is 7.94. The summed E-state index contributed by atoms with van der Waals surface area (Å²) in [6.07, 6.45) is 1.89. The predicted octanol–water partition coefficient (Wildman–Crippen LogP) is 3.12. The van der Waals surface area contributed by atoms with Gasteiger partial charge in [-0.2, -0.15) is 0 Å². The number of thioether (sulfide) groups is 1. The predicted molar refractivity (Wildman–Crippen MR) is 71.5 cm³/mol. The van der Waals surface area contributed by atoms with Crippen LogP contribution in [0.2, 0.25) is 0 Å². The third kappa shape index (κ3) is 3.75. The van der Waals surface area contributed by atoms with Crippen molar-refractivity contribution in [1.29, 1.82) is 0 Å². The molecule has 0 aliphatic rings. The van der Waals surface area contributed by atoms with Crippen LogP contribution in [0, 0.1) is 6.92 Å². The van der Waals surface area contributed by atoms with Crippen molar-refractivity contribution in [2.45, 2.75) is 24.2 Å². The van der Waals surface area contributed by atoms with Gasteiger partial charge in [-0.15, -0.1) is 28.5 Å². The molecule has 0 atom stereocenters. The van der Waals surface area contributed by atoms with E-state index in [0.717, 1.165) is 18.0 Å². The number of hydrogen-bond donors (Lipinski definition) is 0. The third-order valence-corrected chi connectivity index (χ3v) is 3.60. The molecule has 1 aromatic carbocycles. The molecule has 2 rings (SSSR count). The fourth-order valence-electron chi connectivity index (χ4n) is 1.40. The SMILES string of the molecule is Cc1ccc(SCCn2cc(CCl)nn2)cc1. The molecule has 0 aliphatic carbocycles. The molecular formula is C12H14ClN3S. The van der Waals surface area contributed by atoms with E-state index in [4.69, 9.17) is 11.6 Å². The van der Waals surface area contributed by atoms with Crippen molar-refractivity contribution < 1.29 is 0 Å². The fourth-order valence-corrected chi connectivity index (χ4v) is 2.37. The molecule has 17 heavy (non-hydrogen) atoms. The molecule has 0 unspecified atom stereocenters. The van der Waals surface area contributed by atoms with Crippen LogP contribution < -0.4 is 0 Å². The van der Waals surface area contributed by atoms with Gasteiger partial charge in [-0.1, -0.05) is 22.9 Å². The summed E-state index contributed by atoms with van der Waals surface area (Å²) in [7, 11) is 0. The zero-order valence-electron chi connectivity index (χ0n) is 9.64. The Balaban J connectivity index is 1.81. The lowest BCUT2D eigenvalue weighted by Crippen LogP contribution is -2.00. The van der Waals surface area contributed by atoms with E-state index in [0.29, 0.717) is 5.88 Å². The highest BCUT2D eigenvalue weighted by Crippen LogP contribution is 2.18. The molecule has 0 aliphatic heterocycles. The number of halogens is 1. The highest BCUT2D eigenvalue weighted by Gasteiger charge is 1.99. The highest BCUT2D eigenvalue weighted by molar-refractivity contribution is 7.99. The second kappa shape index (κ2) is 6.07. The molecule has 1 heterocycles. The maximum absolute atomic E-state index is 5.66. The average Bonchev–Trinajstić information content (AvgIpc) is 2.80. The number of aryl methyl sites for hydroxylation is 2. The average molecular weight is 268 g/mol. The molecule has 0 radical (unpaired) electrons. The van der Waals surface area contributed by atoms with Crippen molar-refractivity contribution in [2.75, 3.05) is 5.75 Å². The van der Waals surface area contributed by atoms with Crippen LogP contribution in [0.25, 0.3) is 0 Å². The number of aromatic nitrogens is 3. The van der Waals surface area contributed by atoms with Gasteiger partial charge in [-0.25, -0.2) is 0 Å². The summed E-state index contributed by atoms with van der Waals surface area (Å²) in [6.45, 7) is 2.94. The molecular weight excluding hydrogens is 254 g/mol. The molecule has 3 nitrogen and oxygen atoms in total. The van der Waals surface area contributed by atoms with Gasteiger partial charge in [0.25, 0.3) is 0 Å². The Bertz CT molecular complexity index is 467. The summed E-state index contributed by atoms with van der Waals surface area (Å²) in [5.74, 6) is 1.40. The van der Waals surface area contributed by atoms with Gasteiger partial charge in [0.05, 0.1) is 18.1 Å². The molecule has 0 spiro atoms. The molecule has 1 aromatic heterocycles. The van der Waals surface area contributed by atoms with Gasteiger partial charge in [-0.3, -0.25) is 4.68 Å². The van der Waals surface area contributed by atoms with Crippen molar-refractivity contribution in [2.24, 2.45) is 0 Å². The lowest BCUT2D eigenvalue weighted by Gasteiger charge is -2.02. The Morgan fingerprint density at radius 1 is 1.29 bits per heavy atom. The Labute approximate surface area is 110 Å². The van der Waals surface area contributed by atoms with Crippen molar-refractivity contribution in [3.8, 4) is 0 Å². The van der Waals surface area contributed by atoms with E-state index in [-0.39, 0.29) is 0 Å². The normalized spacial score (nSPS) is 10.7. The van der Waals surface area contributed by atoms with Gasteiger partial charge < -0.3 is 0 Å². The summed E-state index contributed by atoms with van der Waals surface area (Å²) < 4.78 is 1.83. The molecule has 5 heteroatoms. The van der Waals surface area contributed by atoms with Crippen LogP contribution in [-0.4, -0.2) is 20.7 Å². The summed E-state index contributed by atoms with van der Waals surface area (Å²) in [4.78, 5) is 1.29. The second-order valence-corrected chi connectivity index (χ2v) is 5.20. The minimum atomic E-state index is 0.422. The van der Waals surface area contributed by atoms with Crippen LogP contribution in [0.1, 0.15) is 11.3 Å². The van der Waals surface area contributed by atoms with Gasteiger partial charge in [0.2, 0.25) is 0 Å². The van der Waals surface area contributed by atoms with Crippen LogP contribution in [0.5, 0.6) is 0 Å². The number of hydrogen-bond acceptors (Lipinski definition) is 3. The van der Waals surface area contributed by atoms with Crippen LogP contribution in [0.15, 0.2) is 35.4 Å². The lowest BCUT2D eigenvalue weighted by molar-refractivity contribution is 0.632. The molecule has 0 bridgehead atoms. The maximum Gasteiger partial charge on any atom is 0.0974 e. The molecule has 0 fully saturated rings. The molecule has 0 amide bonds. The van der Waals surface area contributed by atoms with E-state index in [1.165, 1.54) is 10.5 Å². The molecule has 0 saturated heterocycles. The van der Waals surface area contributed by atoms with Gasteiger partial charge in [0, 0.05) is 16.8 Å². The summed E-state index contributed by atoms with van der Waals surface area (Å²) in [5.41, 5.74) is 2.12. The van der Waals surface area contributed by atoms with Crippen LogP contribution in [0.3, 0.4) is 0 Å². The smallest absolute Gasteiger partial charge is 0.0974 e. The van der Waals surface area contributed by atoms with Crippen LogP contribution >= 0.6 is 23.4 Å². The number of rotatable bonds is 5. The van der Waals surface area contributed by atoms with Crippen LogP contribution in [0.4, 0.5) is 0 Å². The minimum Gasteiger partial charge on any atom is -0.251 e. The first-order valence-corrected chi connectivity index (χ1v) is 6.94. The van der Waals surface area contributed by atoms with Crippen molar-refractivity contribution in [1.82, 2.24) is 15.0 Å². The van der Waals surface area contributed by atoms with Crippen molar-refractivity contribution in [3.63, 3.8) is 0 Å². The Kier molecular flexibility index (Phi) is 4.45. The number of benzene rings is 1. The standard InChI is InChI=1S/C12H14ClN3S/c1-10-2-4-12(5-3-10)17-7-6-16-9-11(8-13)14-15-16/h2-5,9H,6-8H2,1H3. The molecule has 2 aromatic rings. The highest BCUT2D eigenvalue weighted by atomic mass is 35.5. The maximum atomic E-state index is 5.66. The van der Waals surface area contributed by atoms with Gasteiger partial charge in [-0.05, 0) is 19.1 Å². The van der Waals surface area contributed by atoms with Gasteiger partial charge in [0.15, 0.2) is 0 Å². The van der Waals surface area contributed by atoms with E-state index in [1.807, 2.05) is 22.6 Å². The lowest BCUT2D eigenvalue weighted by atomic mass is 10.2. The quantitative estimate of drug-likeness (QED) is 0.616. The van der Waals surface area contributed by atoms with E-state index in [2.05, 4.69) is 41.5 Å². The largest absolute Gasteiger partial charge is 0.251 e. The molecule has 0 N–H and O–H groups in total. The zero-order chi connectivity index (χ0) is 12.1. The monoisotopic (exact) mass is 267 g/mol. The third-order valence-electron chi connectivity index (χ3n) is 2.33. The Morgan fingerprint density at radius 3 is 2.71 bits per heavy atom. The molecule has 0 saturated carbocycles. The second-order valence-electron chi connectivity index (χ2n) is 3.77. The Hall–Kier alpha value is -1.00. The topological polar surface area (TPSA) is 30.7 Å². The van der Waals surface area contributed by atoms with E-state index in [1.54, 1.807) is 0 Å². The molecule has 90 valence electrons. The zero-order valence-corrected chi connectivity index (χ0v) is 11.2. The first kappa shape index (κ1) is 12.5. The Morgan fingerprint density at radius 2 is 2.06 bits per heavy atom. The number of nitrogens with zero attached hydrogens (tertiary/aromatic N) is 3. The van der Waals surface area contributed by atoms with E-state index >= 15 is 0 Å². The van der Waals surface area contributed by atoms with Crippen molar-refractivity contribution in [3.05, 3.63) is 41.7 Å².